The third-order valence-corrected chi connectivity index (χ3v) is 14.4. The summed E-state index contributed by atoms with van der Waals surface area (Å²) in [5.41, 5.74) is 19.6. The van der Waals surface area contributed by atoms with E-state index in [1.54, 1.807) is 0 Å². The lowest BCUT2D eigenvalue weighted by Crippen LogP contribution is -2.17. The number of fused-ring (bicyclic) bond motifs is 15. The van der Waals surface area contributed by atoms with Gasteiger partial charge in [-0.2, -0.15) is 0 Å². The molecule has 0 bridgehead atoms. The molecule has 0 saturated heterocycles. The minimum atomic E-state index is -0.152. The van der Waals surface area contributed by atoms with Crippen LogP contribution in [0.25, 0.3) is 65.7 Å². The second-order valence-corrected chi connectivity index (χ2v) is 18.5. The van der Waals surface area contributed by atoms with Crippen LogP contribution in [-0.2, 0) is 16.2 Å². The summed E-state index contributed by atoms with van der Waals surface area (Å²) in [7, 11) is 0. The highest BCUT2D eigenvalue weighted by atomic mass is 15.1. The van der Waals surface area contributed by atoms with Gasteiger partial charge in [0.1, 0.15) is 0 Å². The molecule has 0 heterocycles. The average molecular weight is 744 g/mol. The number of anilines is 3. The fourth-order valence-corrected chi connectivity index (χ4v) is 11.4. The molecule has 3 aliphatic carbocycles. The Bertz CT molecular complexity index is 3260. The summed E-state index contributed by atoms with van der Waals surface area (Å²) in [5.74, 6) is 0. The molecule has 0 radical (unpaired) electrons. The molecule has 9 aromatic carbocycles. The molecule has 0 aromatic heterocycles. The van der Waals surface area contributed by atoms with Gasteiger partial charge >= 0.3 is 0 Å². The van der Waals surface area contributed by atoms with Crippen molar-refractivity contribution < 1.29 is 0 Å². The standard InChI is InChI=1S/C57H45N/c1-55(2)50-22-14-12-20-42(50)46-29-34(24-27-51(46)55)58(36-23-26-43-41-19-11-13-21-49(41)56(3,4)53(43)31-36)35-25-28-52-47(30-35)48-32-44-39-17-9-7-15-37(39)38-16-8-10-18-40(38)45(44)33-54(48)57(52,5)6/h7-33H,1-6H3. The van der Waals surface area contributed by atoms with E-state index in [0.29, 0.717) is 0 Å². The van der Waals surface area contributed by atoms with E-state index in [1.165, 1.54) is 116 Å². The van der Waals surface area contributed by atoms with Crippen LogP contribution >= 0.6 is 0 Å². The number of hydrogen-bond acceptors (Lipinski definition) is 1. The molecule has 0 amide bonds. The fourth-order valence-electron chi connectivity index (χ4n) is 11.4. The molecule has 58 heavy (non-hydrogen) atoms. The van der Waals surface area contributed by atoms with Gasteiger partial charge in [-0.15, -0.1) is 0 Å². The van der Waals surface area contributed by atoms with Crippen LogP contribution in [0.4, 0.5) is 17.1 Å². The quantitative estimate of drug-likeness (QED) is 0.163. The molecule has 1 heteroatoms. The van der Waals surface area contributed by atoms with Gasteiger partial charge in [-0.25, -0.2) is 0 Å². The van der Waals surface area contributed by atoms with Gasteiger partial charge in [0, 0.05) is 33.3 Å². The van der Waals surface area contributed by atoms with Crippen LogP contribution in [-0.4, -0.2) is 0 Å². The summed E-state index contributed by atoms with van der Waals surface area (Å²) >= 11 is 0. The zero-order chi connectivity index (χ0) is 39.3. The van der Waals surface area contributed by atoms with E-state index in [9.17, 15) is 0 Å². The first-order chi connectivity index (χ1) is 28.0. The summed E-state index contributed by atoms with van der Waals surface area (Å²) in [6, 6.07) is 62.5. The van der Waals surface area contributed by atoms with E-state index in [0.717, 1.165) is 0 Å². The van der Waals surface area contributed by atoms with E-state index in [-0.39, 0.29) is 16.2 Å². The highest BCUT2D eigenvalue weighted by molar-refractivity contribution is 6.26. The Morgan fingerprint density at radius 3 is 1.17 bits per heavy atom. The summed E-state index contributed by atoms with van der Waals surface area (Å²) in [5, 5.41) is 7.91. The second kappa shape index (κ2) is 11.4. The van der Waals surface area contributed by atoms with E-state index in [4.69, 9.17) is 0 Å². The second-order valence-electron chi connectivity index (χ2n) is 18.5. The average Bonchev–Trinajstić information content (AvgIpc) is 3.72. The van der Waals surface area contributed by atoms with Gasteiger partial charge in [-0.05, 0) is 148 Å². The van der Waals surface area contributed by atoms with Crippen LogP contribution in [0.3, 0.4) is 0 Å². The predicted octanol–water partition coefficient (Wildman–Crippen LogP) is 15.5. The van der Waals surface area contributed by atoms with Gasteiger partial charge < -0.3 is 4.90 Å². The van der Waals surface area contributed by atoms with Crippen LogP contribution in [0.1, 0.15) is 74.9 Å². The molecule has 0 fully saturated rings. The first-order valence-electron chi connectivity index (χ1n) is 20.8. The topological polar surface area (TPSA) is 3.24 Å². The number of rotatable bonds is 3. The van der Waals surface area contributed by atoms with E-state index in [2.05, 4.69) is 210 Å². The van der Waals surface area contributed by atoms with Crippen molar-refractivity contribution in [1.29, 1.82) is 0 Å². The van der Waals surface area contributed by atoms with E-state index in [1.807, 2.05) is 0 Å². The van der Waals surface area contributed by atoms with E-state index < -0.39 is 0 Å². The van der Waals surface area contributed by atoms with Crippen molar-refractivity contribution >= 4 is 49.4 Å². The first kappa shape index (κ1) is 33.7. The van der Waals surface area contributed by atoms with Crippen molar-refractivity contribution in [2.75, 3.05) is 4.90 Å². The lowest BCUT2D eigenvalue weighted by atomic mass is 9.81. The molecule has 0 saturated carbocycles. The van der Waals surface area contributed by atoms with Crippen LogP contribution in [0.15, 0.2) is 164 Å². The maximum atomic E-state index is 2.52. The zero-order valence-corrected chi connectivity index (χ0v) is 34.0. The molecule has 0 unspecified atom stereocenters. The van der Waals surface area contributed by atoms with Gasteiger partial charge in [-0.1, -0.05) is 157 Å². The first-order valence-corrected chi connectivity index (χ1v) is 20.8. The Kier molecular flexibility index (Phi) is 6.60. The third-order valence-electron chi connectivity index (χ3n) is 14.4. The smallest absolute Gasteiger partial charge is 0.0468 e. The Labute approximate surface area is 341 Å². The molecule has 9 aromatic rings. The monoisotopic (exact) mass is 743 g/mol. The Hall–Kier alpha value is -6.44. The minimum Gasteiger partial charge on any atom is -0.310 e. The summed E-state index contributed by atoms with van der Waals surface area (Å²) in [6.45, 7) is 14.3. The Morgan fingerprint density at radius 2 is 0.603 bits per heavy atom. The number of nitrogens with zero attached hydrogens (tertiary/aromatic N) is 1. The lowest BCUT2D eigenvalue weighted by Gasteiger charge is -2.30. The fraction of sp³-hybridized carbons (Fsp3) is 0.158. The molecule has 0 spiro atoms. The van der Waals surface area contributed by atoms with Crippen molar-refractivity contribution in [3.63, 3.8) is 0 Å². The molecule has 0 atom stereocenters. The molecular weight excluding hydrogens is 699 g/mol. The summed E-state index contributed by atoms with van der Waals surface area (Å²) < 4.78 is 0. The normalized spacial score (nSPS) is 15.8. The van der Waals surface area contributed by atoms with Crippen LogP contribution < -0.4 is 4.90 Å². The molecule has 1 nitrogen and oxygen atoms in total. The van der Waals surface area contributed by atoms with Crippen molar-refractivity contribution in [3.8, 4) is 33.4 Å². The molecular formula is C57H45N. The molecule has 3 aliphatic rings. The predicted molar refractivity (Wildman–Crippen MR) is 246 cm³/mol. The maximum absolute atomic E-state index is 2.52. The summed E-state index contributed by atoms with van der Waals surface area (Å²) in [4.78, 5) is 2.52. The Balaban J connectivity index is 1.10. The number of benzene rings is 9. The zero-order valence-electron chi connectivity index (χ0n) is 34.0. The number of hydrogen-bond donors (Lipinski definition) is 0. The van der Waals surface area contributed by atoms with Crippen LogP contribution in [0, 0.1) is 0 Å². The van der Waals surface area contributed by atoms with Gasteiger partial charge in [-0.3, -0.25) is 0 Å². The van der Waals surface area contributed by atoms with Crippen molar-refractivity contribution in [3.05, 3.63) is 197 Å². The van der Waals surface area contributed by atoms with Crippen LogP contribution in [0.2, 0.25) is 0 Å². The van der Waals surface area contributed by atoms with Gasteiger partial charge in [0.2, 0.25) is 0 Å². The highest BCUT2D eigenvalue weighted by Crippen LogP contribution is 2.56. The van der Waals surface area contributed by atoms with Crippen molar-refractivity contribution in [2.45, 2.75) is 57.8 Å². The maximum Gasteiger partial charge on any atom is 0.0468 e. The van der Waals surface area contributed by atoms with Crippen LogP contribution in [0.5, 0.6) is 0 Å². The third kappa shape index (κ3) is 4.32. The van der Waals surface area contributed by atoms with E-state index >= 15 is 0 Å². The van der Waals surface area contributed by atoms with Crippen molar-refractivity contribution in [1.82, 2.24) is 0 Å². The van der Waals surface area contributed by atoms with Crippen molar-refractivity contribution in [2.24, 2.45) is 0 Å². The Morgan fingerprint density at radius 1 is 0.259 bits per heavy atom. The molecule has 12 rings (SSSR count). The van der Waals surface area contributed by atoms with Gasteiger partial charge in [0.05, 0.1) is 0 Å². The molecule has 0 N–H and O–H groups in total. The molecule has 278 valence electrons. The van der Waals surface area contributed by atoms with Gasteiger partial charge in [0.15, 0.2) is 0 Å². The minimum absolute atomic E-state index is 0.0558. The molecule has 0 aliphatic heterocycles. The summed E-state index contributed by atoms with van der Waals surface area (Å²) in [6.07, 6.45) is 0. The SMILES string of the molecule is CC1(C)c2ccccc2-c2cc(N(c3ccc4c(c3)-c3cc5c6ccccc6c6ccccc6c5cc3C4(C)C)c3ccc4c(c3)C(C)(C)c3ccccc3-4)ccc21. The largest absolute Gasteiger partial charge is 0.310 e. The van der Waals surface area contributed by atoms with Gasteiger partial charge in [0.25, 0.3) is 0 Å². The highest BCUT2D eigenvalue weighted by Gasteiger charge is 2.39. The lowest BCUT2D eigenvalue weighted by molar-refractivity contribution is 0.660.